The lowest BCUT2D eigenvalue weighted by molar-refractivity contribution is -0.126. The minimum Gasteiger partial charge on any atom is -0.278 e. The van der Waals surface area contributed by atoms with E-state index >= 15 is 0 Å². The zero-order valence-electron chi connectivity index (χ0n) is 6.87. The zero-order valence-corrected chi connectivity index (χ0v) is 7.63. The second-order valence-corrected chi connectivity index (χ2v) is 4.00. The van der Waals surface area contributed by atoms with E-state index in [4.69, 9.17) is 11.6 Å². The summed E-state index contributed by atoms with van der Waals surface area (Å²) in [5, 5.41) is -0.988. The molecule has 0 amide bonds. The van der Waals surface area contributed by atoms with Crippen LogP contribution in [0, 0.1) is 0 Å². The second-order valence-electron chi connectivity index (χ2n) is 3.65. The van der Waals surface area contributed by atoms with Gasteiger partial charge in [-0.2, -0.15) is 0 Å². The van der Waals surface area contributed by atoms with Gasteiger partial charge in [0.1, 0.15) is 5.67 Å². The van der Waals surface area contributed by atoms with Gasteiger partial charge in [0.05, 0.1) is 0 Å². The van der Waals surface area contributed by atoms with Gasteiger partial charge in [-0.15, -0.1) is 0 Å². The standard InChI is InChI=1S/C8H11ClF2O/c1-7(10)2-4-8(11,5-3-7)6(9)12/h2-5H2,1H3. The highest BCUT2D eigenvalue weighted by Gasteiger charge is 2.45. The fraction of sp³-hybridized carbons (Fsp3) is 0.875. The number of rotatable bonds is 1. The van der Waals surface area contributed by atoms with Crippen molar-refractivity contribution in [2.45, 2.75) is 43.9 Å². The van der Waals surface area contributed by atoms with Crippen molar-refractivity contribution in [2.75, 3.05) is 0 Å². The average Bonchev–Trinajstić information content (AvgIpc) is 1.96. The van der Waals surface area contributed by atoms with E-state index in [9.17, 15) is 13.6 Å². The molecule has 12 heavy (non-hydrogen) atoms. The summed E-state index contributed by atoms with van der Waals surface area (Å²) in [5.74, 6) is 0. The summed E-state index contributed by atoms with van der Waals surface area (Å²) in [7, 11) is 0. The predicted octanol–water partition coefficient (Wildman–Crippen LogP) is 2.76. The summed E-state index contributed by atoms with van der Waals surface area (Å²) >= 11 is 5.05. The third-order valence-corrected chi connectivity index (χ3v) is 2.78. The lowest BCUT2D eigenvalue weighted by Crippen LogP contribution is -2.39. The third-order valence-electron chi connectivity index (χ3n) is 2.44. The van der Waals surface area contributed by atoms with Crippen LogP contribution in [0.5, 0.6) is 0 Å². The Morgan fingerprint density at radius 2 is 1.67 bits per heavy atom. The number of carbonyl (C=O) groups excluding carboxylic acids is 1. The normalized spacial score (nSPS) is 42.7. The molecule has 0 aliphatic heterocycles. The fourth-order valence-corrected chi connectivity index (χ4v) is 1.55. The molecular formula is C8H11ClF2O. The number of carbonyl (C=O) groups is 1. The van der Waals surface area contributed by atoms with Gasteiger partial charge in [0.2, 0.25) is 0 Å². The maximum atomic E-state index is 13.4. The SMILES string of the molecule is CC1(F)CCC(F)(C(=O)Cl)CC1. The maximum absolute atomic E-state index is 13.4. The number of hydrogen-bond donors (Lipinski definition) is 0. The molecule has 1 saturated carbocycles. The predicted molar refractivity (Wildman–Crippen MR) is 42.7 cm³/mol. The van der Waals surface area contributed by atoms with Gasteiger partial charge >= 0.3 is 0 Å². The summed E-state index contributed by atoms with van der Waals surface area (Å²) in [6, 6.07) is 0. The Kier molecular flexibility index (Phi) is 2.43. The van der Waals surface area contributed by atoms with E-state index in [2.05, 4.69) is 0 Å². The molecule has 0 aromatic carbocycles. The summed E-state index contributed by atoms with van der Waals surface area (Å²) < 4.78 is 26.5. The van der Waals surface area contributed by atoms with E-state index < -0.39 is 16.6 Å². The smallest absolute Gasteiger partial charge is 0.258 e. The Bertz CT molecular complexity index is 193. The first kappa shape index (κ1) is 9.90. The maximum Gasteiger partial charge on any atom is 0.258 e. The van der Waals surface area contributed by atoms with Crippen LogP contribution in [0.1, 0.15) is 32.6 Å². The molecule has 0 aromatic heterocycles. The van der Waals surface area contributed by atoms with Crippen LogP contribution in [-0.2, 0) is 4.79 Å². The van der Waals surface area contributed by atoms with Crippen LogP contribution in [0.25, 0.3) is 0 Å². The van der Waals surface area contributed by atoms with E-state index in [1.165, 1.54) is 6.92 Å². The first-order valence-corrected chi connectivity index (χ1v) is 4.31. The fourth-order valence-electron chi connectivity index (χ4n) is 1.36. The molecular weight excluding hydrogens is 186 g/mol. The van der Waals surface area contributed by atoms with Gasteiger partial charge in [-0.3, -0.25) is 4.79 Å². The number of alkyl halides is 2. The quantitative estimate of drug-likeness (QED) is 0.590. The van der Waals surface area contributed by atoms with Crippen molar-refractivity contribution < 1.29 is 13.6 Å². The van der Waals surface area contributed by atoms with Gasteiger partial charge in [0.25, 0.3) is 5.24 Å². The summed E-state index contributed by atoms with van der Waals surface area (Å²) in [6.45, 7) is 1.42. The molecule has 1 aliphatic carbocycles. The van der Waals surface area contributed by atoms with E-state index in [1.807, 2.05) is 0 Å². The second kappa shape index (κ2) is 2.95. The number of halogens is 3. The van der Waals surface area contributed by atoms with Crippen molar-refractivity contribution in [3.8, 4) is 0 Å². The molecule has 0 unspecified atom stereocenters. The van der Waals surface area contributed by atoms with E-state index in [-0.39, 0.29) is 25.7 Å². The monoisotopic (exact) mass is 196 g/mol. The minimum atomic E-state index is -1.98. The lowest BCUT2D eigenvalue weighted by atomic mass is 9.80. The lowest BCUT2D eigenvalue weighted by Gasteiger charge is -2.33. The van der Waals surface area contributed by atoms with Crippen LogP contribution in [-0.4, -0.2) is 16.6 Å². The molecule has 0 radical (unpaired) electrons. The molecule has 0 aromatic rings. The van der Waals surface area contributed by atoms with Gasteiger partial charge in [-0.05, 0) is 44.2 Å². The Labute approximate surface area is 75.1 Å². The van der Waals surface area contributed by atoms with Crippen LogP contribution in [0.2, 0.25) is 0 Å². The molecule has 4 heteroatoms. The van der Waals surface area contributed by atoms with E-state index in [0.717, 1.165) is 0 Å². The Morgan fingerprint density at radius 3 is 2.00 bits per heavy atom. The van der Waals surface area contributed by atoms with Gasteiger partial charge in [-0.25, -0.2) is 8.78 Å². The molecule has 1 aliphatic rings. The van der Waals surface area contributed by atoms with Crippen molar-refractivity contribution in [3.05, 3.63) is 0 Å². The topological polar surface area (TPSA) is 17.1 Å². The van der Waals surface area contributed by atoms with Gasteiger partial charge in [0, 0.05) is 0 Å². The molecule has 0 saturated heterocycles. The van der Waals surface area contributed by atoms with Gasteiger partial charge < -0.3 is 0 Å². The average molecular weight is 197 g/mol. The molecule has 0 atom stereocenters. The highest BCUT2D eigenvalue weighted by molar-refractivity contribution is 6.65. The highest BCUT2D eigenvalue weighted by Crippen LogP contribution is 2.40. The molecule has 0 spiro atoms. The van der Waals surface area contributed by atoms with E-state index in [0.29, 0.717) is 0 Å². The van der Waals surface area contributed by atoms with Crippen LogP contribution in [0.3, 0.4) is 0 Å². The van der Waals surface area contributed by atoms with Crippen molar-refractivity contribution in [2.24, 2.45) is 0 Å². The molecule has 0 heterocycles. The van der Waals surface area contributed by atoms with Crippen LogP contribution in [0.15, 0.2) is 0 Å². The van der Waals surface area contributed by atoms with Crippen molar-refractivity contribution in [1.29, 1.82) is 0 Å². The van der Waals surface area contributed by atoms with Gasteiger partial charge in [0.15, 0.2) is 5.67 Å². The zero-order chi connectivity index (χ0) is 9.41. The molecule has 1 nitrogen and oxygen atoms in total. The first-order chi connectivity index (χ1) is 5.36. The Morgan fingerprint density at radius 1 is 1.25 bits per heavy atom. The van der Waals surface area contributed by atoms with Crippen molar-refractivity contribution in [1.82, 2.24) is 0 Å². The van der Waals surface area contributed by atoms with Crippen LogP contribution in [0.4, 0.5) is 8.78 Å². The van der Waals surface area contributed by atoms with Crippen LogP contribution < -0.4 is 0 Å². The van der Waals surface area contributed by atoms with E-state index in [1.54, 1.807) is 0 Å². The Hall–Kier alpha value is -0.180. The summed E-state index contributed by atoms with van der Waals surface area (Å²) in [5.41, 5.74) is -3.31. The number of hydrogen-bond acceptors (Lipinski definition) is 1. The Balaban J connectivity index is 2.62. The molecule has 70 valence electrons. The molecule has 1 fully saturated rings. The van der Waals surface area contributed by atoms with Crippen molar-refractivity contribution >= 4 is 16.8 Å². The highest BCUT2D eigenvalue weighted by atomic mass is 35.5. The van der Waals surface area contributed by atoms with Gasteiger partial charge in [-0.1, -0.05) is 0 Å². The largest absolute Gasteiger partial charge is 0.278 e. The summed E-state index contributed by atoms with van der Waals surface area (Å²) in [6.07, 6.45) is -0.0470. The molecule has 1 rings (SSSR count). The molecule has 0 N–H and O–H groups in total. The third kappa shape index (κ3) is 1.94. The molecule has 0 bridgehead atoms. The van der Waals surface area contributed by atoms with Crippen molar-refractivity contribution in [3.63, 3.8) is 0 Å². The minimum absolute atomic E-state index is 0.0714. The summed E-state index contributed by atoms with van der Waals surface area (Å²) in [4.78, 5) is 10.6. The first-order valence-electron chi connectivity index (χ1n) is 3.94. The van der Waals surface area contributed by atoms with Crippen LogP contribution >= 0.6 is 11.6 Å².